The molecule has 0 amide bonds. The van der Waals surface area contributed by atoms with Crippen molar-refractivity contribution in [3.05, 3.63) is 59.8 Å². The van der Waals surface area contributed by atoms with Crippen LogP contribution in [0.2, 0.25) is 0 Å². The number of rotatable bonds is 9. The highest BCUT2D eigenvalue weighted by molar-refractivity contribution is 6.39. The van der Waals surface area contributed by atoms with Crippen molar-refractivity contribution >= 4 is 29.2 Å². The zero-order chi connectivity index (χ0) is 21.1. The van der Waals surface area contributed by atoms with Crippen LogP contribution in [0.5, 0.6) is 0 Å². The molecule has 1 atom stereocenters. The SMILES string of the molecule is CCOC[C@@H](C)Nc1cc(C(=C\N)/C=C(/Cl)C=N)ccnn(-c2cc[nH]n2)cn1. The fourth-order valence-electron chi connectivity index (χ4n) is 2.33. The van der Waals surface area contributed by atoms with Crippen LogP contribution >= 0.6 is 11.6 Å². The highest BCUT2D eigenvalue weighted by Crippen LogP contribution is 2.18. The van der Waals surface area contributed by atoms with Gasteiger partial charge in [0.05, 0.1) is 11.6 Å². The molecule has 0 spiro atoms. The van der Waals surface area contributed by atoms with E-state index in [1.807, 2.05) is 19.9 Å². The Hall–Kier alpha value is -3.17. The van der Waals surface area contributed by atoms with E-state index in [9.17, 15) is 0 Å². The summed E-state index contributed by atoms with van der Waals surface area (Å²) in [6, 6.07) is 5.39. The van der Waals surface area contributed by atoms with Gasteiger partial charge >= 0.3 is 0 Å². The van der Waals surface area contributed by atoms with Crippen LogP contribution in [-0.4, -0.2) is 50.4 Å². The molecule has 9 nitrogen and oxygen atoms in total. The van der Waals surface area contributed by atoms with E-state index in [1.165, 1.54) is 10.9 Å². The lowest BCUT2D eigenvalue weighted by molar-refractivity contribution is 0.141. The van der Waals surface area contributed by atoms with E-state index >= 15 is 0 Å². The van der Waals surface area contributed by atoms with Crippen molar-refractivity contribution in [2.75, 3.05) is 18.5 Å². The zero-order valence-corrected chi connectivity index (χ0v) is 17.1. The molecule has 0 aliphatic carbocycles. The number of H-pyrrole nitrogens is 1. The molecule has 2 aromatic heterocycles. The van der Waals surface area contributed by atoms with Gasteiger partial charge in [0.1, 0.15) is 12.1 Å². The first kappa shape index (κ1) is 22.1. The van der Waals surface area contributed by atoms with Crippen LogP contribution in [-0.2, 0) is 4.74 Å². The number of nitrogens with zero attached hydrogens (tertiary/aromatic N) is 4. The minimum Gasteiger partial charge on any atom is -0.404 e. The Morgan fingerprint density at radius 1 is 1.48 bits per heavy atom. The number of hydrogen-bond acceptors (Lipinski definition) is 7. The highest BCUT2D eigenvalue weighted by atomic mass is 35.5. The number of aromatic amines is 1. The maximum Gasteiger partial charge on any atom is 0.176 e. The second kappa shape index (κ2) is 11.6. The Morgan fingerprint density at radius 3 is 2.97 bits per heavy atom. The van der Waals surface area contributed by atoms with Crippen LogP contribution < -0.4 is 11.1 Å². The van der Waals surface area contributed by atoms with Crippen LogP contribution in [0.3, 0.4) is 0 Å². The summed E-state index contributed by atoms with van der Waals surface area (Å²) in [5.41, 5.74) is 7.12. The number of anilines is 1. The second-order valence-corrected chi connectivity index (χ2v) is 6.37. The largest absolute Gasteiger partial charge is 0.404 e. The first-order valence-corrected chi connectivity index (χ1v) is 9.38. The topological polar surface area (TPSA) is 131 Å². The molecule has 0 unspecified atom stereocenters. The molecular weight excluding hydrogens is 392 g/mol. The molecule has 0 aliphatic rings. The fraction of sp³-hybridized carbons (Fsp3) is 0.263. The van der Waals surface area contributed by atoms with Gasteiger partial charge in [-0.05, 0) is 43.2 Å². The Balaban J connectivity index is 2.55. The van der Waals surface area contributed by atoms with E-state index < -0.39 is 0 Å². The summed E-state index contributed by atoms with van der Waals surface area (Å²) < 4.78 is 7.00. The van der Waals surface area contributed by atoms with Gasteiger partial charge in [-0.3, -0.25) is 5.10 Å². The van der Waals surface area contributed by atoms with Crippen molar-refractivity contribution in [1.82, 2.24) is 25.0 Å². The number of nitrogens with one attached hydrogen (secondary N) is 3. The lowest BCUT2D eigenvalue weighted by atomic mass is 10.1. The molecule has 0 radical (unpaired) electrons. The van der Waals surface area contributed by atoms with E-state index in [0.717, 1.165) is 6.21 Å². The fourth-order valence-corrected chi connectivity index (χ4v) is 2.45. The number of allylic oxidation sites excluding steroid dienone is 3. The third-order valence-electron chi connectivity index (χ3n) is 3.67. The van der Waals surface area contributed by atoms with Gasteiger partial charge in [0, 0.05) is 43.5 Å². The summed E-state index contributed by atoms with van der Waals surface area (Å²) >= 11 is 5.99. The average molecular weight is 417 g/mol. The Bertz CT molecular complexity index is 903. The smallest absolute Gasteiger partial charge is 0.176 e. The van der Waals surface area contributed by atoms with Crippen LogP contribution in [0.4, 0.5) is 5.82 Å². The molecule has 29 heavy (non-hydrogen) atoms. The van der Waals surface area contributed by atoms with Crippen LogP contribution in [0.1, 0.15) is 19.4 Å². The minimum absolute atomic E-state index is 0.0196. The van der Waals surface area contributed by atoms with E-state index in [1.54, 1.807) is 36.9 Å². The molecule has 2 aromatic rings. The van der Waals surface area contributed by atoms with Crippen LogP contribution in [0.15, 0.2) is 54.2 Å². The predicted octanol–water partition coefficient (Wildman–Crippen LogP) is 3.02. The van der Waals surface area contributed by atoms with Gasteiger partial charge in [0.15, 0.2) is 5.82 Å². The monoisotopic (exact) mass is 416 g/mol. The maximum atomic E-state index is 7.29. The van der Waals surface area contributed by atoms with Crippen molar-refractivity contribution < 1.29 is 4.74 Å². The van der Waals surface area contributed by atoms with Gasteiger partial charge in [0.25, 0.3) is 0 Å². The van der Waals surface area contributed by atoms with Gasteiger partial charge in [-0.2, -0.15) is 10.2 Å². The molecule has 0 saturated heterocycles. The molecule has 0 aromatic carbocycles. The minimum atomic E-state index is 0.0196. The van der Waals surface area contributed by atoms with E-state index in [0.29, 0.717) is 36.0 Å². The summed E-state index contributed by atoms with van der Waals surface area (Å²) in [7, 11) is 0. The second-order valence-electron chi connectivity index (χ2n) is 5.94. The molecule has 0 saturated carbocycles. The van der Waals surface area contributed by atoms with Gasteiger partial charge < -0.3 is 21.2 Å². The Morgan fingerprint density at radius 2 is 2.31 bits per heavy atom. The van der Waals surface area contributed by atoms with Crippen molar-refractivity contribution in [2.24, 2.45) is 5.73 Å². The number of hydrogen-bond donors (Lipinski definition) is 4. The molecular formula is C19H25ClN8O. The number of nitrogens with two attached hydrogens (primary N) is 1. The molecule has 5 N–H and O–H groups in total. The third kappa shape index (κ3) is 7.05. The number of aromatic nitrogens is 5. The summed E-state index contributed by atoms with van der Waals surface area (Å²) in [6.07, 6.45) is 8.91. The zero-order valence-electron chi connectivity index (χ0n) is 16.3. The molecule has 10 heteroatoms. The van der Waals surface area contributed by atoms with Gasteiger partial charge in [-0.15, -0.1) is 0 Å². The van der Waals surface area contributed by atoms with Crippen molar-refractivity contribution in [3.63, 3.8) is 0 Å². The lowest BCUT2D eigenvalue weighted by Crippen LogP contribution is -2.22. The lowest BCUT2D eigenvalue weighted by Gasteiger charge is -2.14. The normalized spacial score (nSPS) is 12.9. The van der Waals surface area contributed by atoms with Crippen LogP contribution in [0.25, 0.3) is 11.4 Å². The summed E-state index contributed by atoms with van der Waals surface area (Å²) in [5.74, 6) is 1.16. The summed E-state index contributed by atoms with van der Waals surface area (Å²) in [5, 5.41) is 22.1. The molecule has 154 valence electrons. The summed E-state index contributed by atoms with van der Waals surface area (Å²) in [6.45, 7) is 5.10. The molecule has 0 fully saturated rings. The number of halogens is 1. The van der Waals surface area contributed by atoms with Gasteiger partial charge in [0.2, 0.25) is 0 Å². The Labute approximate surface area is 174 Å². The summed E-state index contributed by atoms with van der Waals surface area (Å²) in [4.78, 5) is 4.52. The maximum absolute atomic E-state index is 7.29. The van der Waals surface area contributed by atoms with E-state index in [4.69, 9.17) is 27.5 Å². The predicted molar refractivity (Wildman–Crippen MR) is 116 cm³/mol. The molecule has 2 rings (SSSR count). The van der Waals surface area contributed by atoms with E-state index in [2.05, 4.69) is 25.6 Å². The van der Waals surface area contributed by atoms with Crippen LogP contribution in [0, 0.1) is 5.41 Å². The first-order chi connectivity index (χ1) is 14.1. The average Bonchev–Trinajstić information content (AvgIpc) is 3.27. The molecule has 0 bridgehead atoms. The Kier molecular flexibility index (Phi) is 8.87. The van der Waals surface area contributed by atoms with Gasteiger partial charge in [-0.1, -0.05) is 11.6 Å². The highest BCUT2D eigenvalue weighted by Gasteiger charge is 2.05. The molecule has 2 heterocycles. The first-order valence-electron chi connectivity index (χ1n) is 9.00. The van der Waals surface area contributed by atoms with E-state index in [-0.39, 0.29) is 11.1 Å². The molecule has 0 aliphatic heterocycles. The number of ether oxygens (including phenoxy) is 1. The third-order valence-corrected chi connectivity index (χ3v) is 3.89. The standard InChI is InChI=1S/C19H25ClN8O/c1-3-29-12-14(2)26-18-9-15(16(10-21)8-17(20)11-22)4-7-25-28(13-23-18)19-5-6-24-27-19/h4-11,13-14,22,26H,3,12,21H2,1-2H3,(H,24,27)/b15-4?,16-10-,17-8+,18-9?,22-11?,23-13?,25-7?/t14-/m1/s1. The van der Waals surface area contributed by atoms with Crippen molar-refractivity contribution in [1.29, 1.82) is 5.41 Å². The quantitative estimate of drug-likeness (QED) is 0.367. The van der Waals surface area contributed by atoms with Crippen molar-refractivity contribution in [2.45, 2.75) is 19.9 Å². The van der Waals surface area contributed by atoms with Gasteiger partial charge in [-0.25, -0.2) is 9.67 Å². The van der Waals surface area contributed by atoms with Crippen molar-refractivity contribution in [3.8, 4) is 5.82 Å².